The van der Waals surface area contributed by atoms with Gasteiger partial charge in [-0.25, -0.2) is 0 Å². The zero-order valence-electron chi connectivity index (χ0n) is 10.3. The molecule has 0 amide bonds. The van der Waals surface area contributed by atoms with E-state index in [0.29, 0.717) is 6.79 Å². The van der Waals surface area contributed by atoms with Gasteiger partial charge in [-0.15, -0.1) is 0 Å². The lowest BCUT2D eigenvalue weighted by Gasteiger charge is -2.23. The number of hydrogen-bond acceptors (Lipinski definition) is 3. The molecule has 0 aliphatic carbocycles. The summed E-state index contributed by atoms with van der Waals surface area (Å²) in [6.07, 6.45) is 3.78. The zero-order valence-corrected chi connectivity index (χ0v) is 10.3. The highest BCUT2D eigenvalue weighted by atomic mass is 16.7. The van der Waals surface area contributed by atoms with E-state index in [-0.39, 0.29) is 0 Å². The Morgan fingerprint density at radius 3 is 2.88 bits per heavy atom. The van der Waals surface area contributed by atoms with Crippen LogP contribution in [0, 0.1) is 12.8 Å². The molecule has 1 unspecified atom stereocenters. The molecule has 1 aromatic carbocycles. The van der Waals surface area contributed by atoms with E-state index in [9.17, 15) is 0 Å². The van der Waals surface area contributed by atoms with Crippen LogP contribution in [0.4, 0.5) is 0 Å². The van der Waals surface area contributed by atoms with Gasteiger partial charge >= 0.3 is 0 Å². The minimum absolute atomic E-state index is 0.364. The van der Waals surface area contributed by atoms with Gasteiger partial charge in [0.2, 0.25) is 6.79 Å². The van der Waals surface area contributed by atoms with E-state index in [4.69, 9.17) is 9.47 Å². The Labute approximate surface area is 102 Å². The van der Waals surface area contributed by atoms with Crippen LogP contribution in [0.15, 0.2) is 12.1 Å². The lowest BCUT2D eigenvalue weighted by Crippen LogP contribution is -2.30. The summed E-state index contributed by atoms with van der Waals surface area (Å²) in [4.78, 5) is 0. The highest BCUT2D eigenvalue weighted by Crippen LogP contribution is 2.35. The SMILES string of the molecule is Cc1cc2c(cc1CC1CCCNC1)OCO2. The van der Waals surface area contributed by atoms with Crippen molar-refractivity contribution >= 4 is 0 Å². The maximum atomic E-state index is 5.45. The predicted molar refractivity (Wildman–Crippen MR) is 66.6 cm³/mol. The number of aryl methyl sites for hydroxylation is 1. The van der Waals surface area contributed by atoms with Crippen LogP contribution in [0.25, 0.3) is 0 Å². The van der Waals surface area contributed by atoms with Gasteiger partial charge in [-0.2, -0.15) is 0 Å². The number of rotatable bonds is 2. The molecule has 1 N–H and O–H groups in total. The monoisotopic (exact) mass is 233 g/mol. The van der Waals surface area contributed by atoms with Gasteiger partial charge in [-0.3, -0.25) is 0 Å². The Morgan fingerprint density at radius 2 is 2.12 bits per heavy atom. The summed E-state index contributed by atoms with van der Waals surface area (Å²) in [7, 11) is 0. The average Bonchev–Trinajstić information content (AvgIpc) is 2.78. The molecular weight excluding hydrogens is 214 g/mol. The molecule has 92 valence electrons. The molecule has 1 atom stereocenters. The van der Waals surface area contributed by atoms with E-state index in [2.05, 4.69) is 24.4 Å². The normalized spacial score (nSPS) is 22.8. The van der Waals surface area contributed by atoms with Crippen LogP contribution in [0.3, 0.4) is 0 Å². The van der Waals surface area contributed by atoms with Gasteiger partial charge < -0.3 is 14.8 Å². The summed E-state index contributed by atoms with van der Waals surface area (Å²) in [5.74, 6) is 2.57. The van der Waals surface area contributed by atoms with E-state index in [1.165, 1.54) is 30.5 Å². The van der Waals surface area contributed by atoms with E-state index in [1.807, 2.05) is 0 Å². The van der Waals surface area contributed by atoms with Crippen molar-refractivity contribution in [2.45, 2.75) is 26.2 Å². The van der Waals surface area contributed by atoms with Crippen LogP contribution < -0.4 is 14.8 Å². The number of hydrogen-bond donors (Lipinski definition) is 1. The highest BCUT2D eigenvalue weighted by molar-refractivity contribution is 5.48. The van der Waals surface area contributed by atoms with Crippen molar-refractivity contribution in [2.75, 3.05) is 19.9 Å². The predicted octanol–water partition coefficient (Wildman–Crippen LogP) is 2.27. The van der Waals surface area contributed by atoms with Crippen LogP contribution in [-0.2, 0) is 6.42 Å². The summed E-state index contributed by atoms with van der Waals surface area (Å²) in [5, 5.41) is 3.47. The molecule has 0 radical (unpaired) electrons. The zero-order chi connectivity index (χ0) is 11.7. The van der Waals surface area contributed by atoms with Crippen molar-refractivity contribution in [3.05, 3.63) is 23.3 Å². The minimum Gasteiger partial charge on any atom is -0.454 e. The molecule has 1 fully saturated rings. The highest BCUT2D eigenvalue weighted by Gasteiger charge is 2.19. The quantitative estimate of drug-likeness (QED) is 0.850. The summed E-state index contributed by atoms with van der Waals surface area (Å²) in [6, 6.07) is 4.26. The van der Waals surface area contributed by atoms with E-state index >= 15 is 0 Å². The molecule has 0 saturated carbocycles. The fraction of sp³-hybridized carbons (Fsp3) is 0.571. The first-order chi connectivity index (χ1) is 8.33. The van der Waals surface area contributed by atoms with Gasteiger partial charge in [-0.05, 0) is 68.5 Å². The topological polar surface area (TPSA) is 30.5 Å². The summed E-state index contributed by atoms with van der Waals surface area (Å²) >= 11 is 0. The van der Waals surface area contributed by atoms with Crippen molar-refractivity contribution in [3.63, 3.8) is 0 Å². The fourth-order valence-electron chi connectivity index (χ4n) is 2.71. The van der Waals surface area contributed by atoms with Gasteiger partial charge in [-0.1, -0.05) is 0 Å². The van der Waals surface area contributed by atoms with Gasteiger partial charge in [0.05, 0.1) is 0 Å². The second-order valence-electron chi connectivity index (χ2n) is 5.05. The maximum Gasteiger partial charge on any atom is 0.231 e. The van der Waals surface area contributed by atoms with Crippen molar-refractivity contribution in [1.29, 1.82) is 0 Å². The van der Waals surface area contributed by atoms with Crippen LogP contribution in [0.1, 0.15) is 24.0 Å². The number of benzene rings is 1. The smallest absolute Gasteiger partial charge is 0.231 e. The molecule has 2 aliphatic heterocycles. The first-order valence-electron chi connectivity index (χ1n) is 6.43. The molecule has 17 heavy (non-hydrogen) atoms. The summed E-state index contributed by atoms with van der Waals surface area (Å²) in [5.41, 5.74) is 2.72. The molecular formula is C14H19NO2. The number of nitrogens with one attached hydrogen (secondary N) is 1. The molecule has 2 aliphatic rings. The van der Waals surface area contributed by atoms with Crippen molar-refractivity contribution in [2.24, 2.45) is 5.92 Å². The average molecular weight is 233 g/mol. The van der Waals surface area contributed by atoms with Gasteiger partial charge in [0.15, 0.2) is 11.5 Å². The van der Waals surface area contributed by atoms with Crippen molar-refractivity contribution in [1.82, 2.24) is 5.32 Å². The van der Waals surface area contributed by atoms with E-state index in [0.717, 1.165) is 30.4 Å². The Kier molecular flexibility index (Phi) is 2.93. The van der Waals surface area contributed by atoms with Crippen molar-refractivity contribution in [3.8, 4) is 11.5 Å². The lowest BCUT2D eigenvalue weighted by molar-refractivity contribution is 0.174. The Bertz CT molecular complexity index is 411. The fourth-order valence-corrected chi connectivity index (χ4v) is 2.71. The van der Waals surface area contributed by atoms with Crippen molar-refractivity contribution < 1.29 is 9.47 Å². The van der Waals surface area contributed by atoms with E-state index < -0.39 is 0 Å². The Balaban J connectivity index is 1.78. The van der Waals surface area contributed by atoms with Gasteiger partial charge in [0, 0.05) is 0 Å². The summed E-state index contributed by atoms with van der Waals surface area (Å²) in [6.45, 7) is 4.85. The third kappa shape index (κ3) is 2.25. The van der Waals surface area contributed by atoms with Crippen LogP contribution in [0.5, 0.6) is 11.5 Å². The molecule has 0 bridgehead atoms. The third-order valence-electron chi connectivity index (χ3n) is 3.74. The molecule has 3 rings (SSSR count). The molecule has 1 saturated heterocycles. The molecule has 1 aromatic rings. The second kappa shape index (κ2) is 4.57. The van der Waals surface area contributed by atoms with Crippen LogP contribution in [0.2, 0.25) is 0 Å². The molecule has 0 aromatic heterocycles. The van der Waals surface area contributed by atoms with Gasteiger partial charge in [0.25, 0.3) is 0 Å². The van der Waals surface area contributed by atoms with E-state index in [1.54, 1.807) is 0 Å². The molecule has 3 nitrogen and oxygen atoms in total. The summed E-state index contributed by atoms with van der Waals surface area (Å²) < 4.78 is 10.8. The maximum absolute atomic E-state index is 5.45. The standard InChI is InChI=1S/C14H19NO2/c1-10-5-13-14(17-9-16-13)7-12(10)6-11-3-2-4-15-8-11/h5,7,11,15H,2-4,6,8-9H2,1H3. The number of fused-ring (bicyclic) bond motifs is 1. The lowest BCUT2D eigenvalue weighted by atomic mass is 9.90. The largest absolute Gasteiger partial charge is 0.454 e. The first-order valence-corrected chi connectivity index (χ1v) is 6.43. The second-order valence-corrected chi connectivity index (χ2v) is 5.05. The third-order valence-corrected chi connectivity index (χ3v) is 3.74. The Morgan fingerprint density at radius 1 is 1.29 bits per heavy atom. The number of ether oxygens (including phenoxy) is 2. The number of piperidine rings is 1. The molecule has 0 spiro atoms. The van der Waals surface area contributed by atoms with Crippen LogP contribution >= 0.6 is 0 Å². The Hall–Kier alpha value is -1.22. The minimum atomic E-state index is 0.364. The first kappa shape index (κ1) is 10.9. The van der Waals surface area contributed by atoms with Gasteiger partial charge in [0.1, 0.15) is 0 Å². The molecule has 2 heterocycles. The molecule has 3 heteroatoms. The van der Waals surface area contributed by atoms with Crippen LogP contribution in [-0.4, -0.2) is 19.9 Å².